The molecule has 0 amide bonds. The Morgan fingerprint density at radius 2 is 2.04 bits per heavy atom. The number of halogens is 1. The zero-order valence-electron chi connectivity index (χ0n) is 15.2. The van der Waals surface area contributed by atoms with Gasteiger partial charge in [-0.15, -0.1) is 0 Å². The van der Waals surface area contributed by atoms with Gasteiger partial charge in [-0.05, 0) is 50.3 Å². The Labute approximate surface area is 156 Å². The van der Waals surface area contributed by atoms with Crippen molar-refractivity contribution in [2.24, 2.45) is 4.99 Å². The predicted octanol–water partition coefficient (Wildman–Crippen LogP) is 3.89. The van der Waals surface area contributed by atoms with E-state index in [2.05, 4.69) is 29.7 Å². The summed E-state index contributed by atoms with van der Waals surface area (Å²) in [5.74, 6) is 0.947. The second-order valence-corrected chi connectivity index (χ2v) is 7.66. The fraction of sp³-hybridized carbons (Fsp3) is 0.650. The number of aliphatic imine (C=N–C) groups is 1. The lowest BCUT2D eigenvalue weighted by molar-refractivity contribution is 0.0531. The van der Waals surface area contributed by atoms with E-state index in [-0.39, 0.29) is 5.41 Å². The largest absolute Gasteiger partial charge is 0.381 e. The number of benzene rings is 1. The molecule has 1 aromatic rings. The van der Waals surface area contributed by atoms with Crippen LogP contribution in [-0.4, -0.2) is 38.3 Å². The highest BCUT2D eigenvalue weighted by Gasteiger charge is 2.34. The molecule has 5 heteroatoms. The Bertz CT molecular complexity index is 578. The topological polar surface area (TPSA) is 45.7 Å². The monoisotopic (exact) mass is 363 g/mol. The lowest BCUT2D eigenvalue weighted by atomic mass is 9.74. The van der Waals surface area contributed by atoms with Crippen molar-refractivity contribution in [3.63, 3.8) is 0 Å². The molecule has 1 heterocycles. The number of hydrogen-bond acceptors (Lipinski definition) is 2. The molecule has 2 fully saturated rings. The first-order valence-corrected chi connectivity index (χ1v) is 9.98. The molecular formula is C20H30ClN3O. The van der Waals surface area contributed by atoms with Crippen LogP contribution in [0.25, 0.3) is 0 Å². The lowest BCUT2D eigenvalue weighted by Gasteiger charge is -2.37. The fourth-order valence-corrected chi connectivity index (χ4v) is 4.12. The molecule has 1 aromatic carbocycles. The molecule has 1 aliphatic heterocycles. The van der Waals surface area contributed by atoms with E-state index in [0.29, 0.717) is 6.04 Å². The van der Waals surface area contributed by atoms with Gasteiger partial charge in [-0.25, -0.2) is 0 Å². The molecule has 4 nitrogen and oxygen atoms in total. The third kappa shape index (κ3) is 4.89. The summed E-state index contributed by atoms with van der Waals surface area (Å²) in [6.45, 7) is 5.33. The van der Waals surface area contributed by atoms with Gasteiger partial charge in [0.25, 0.3) is 0 Å². The summed E-state index contributed by atoms with van der Waals surface area (Å²) in [6.07, 6.45) is 7.11. The van der Waals surface area contributed by atoms with E-state index in [9.17, 15) is 0 Å². The molecule has 0 aromatic heterocycles. The highest BCUT2D eigenvalue weighted by molar-refractivity contribution is 6.30. The summed E-state index contributed by atoms with van der Waals surface area (Å²) in [7, 11) is 0. The van der Waals surface area contributed by atoms with Crippen LogP contribution in [0.3, 0.4) is 0 Å². The van der Waals surface area contributed by atoms with Gasteiger partial charge in [0.1, 0.15) is 0 Å². The van der Waals surface area contributed by atoms with Crippen molar-refractivity contribution in [3.05, 3.63) is 34.9 Å². The normalized spacial score (nSPS) is 21.3. The van der Waals surface area contributed by atoms with Crippen LogP contribution in [0.15, 0.2) is 29.3 Å². The summed E-state index contributed by atoms with van der Waals surface area (Å²) in [4.78, 5) is 4.97. The summed E-state index contributed by atoms with van der Waals surface area (Å²) >= 11 is 6.26. The van der Waals surface area contributed by atoms with E-state index in [1.54, 1.807) is 0 Å². The van der Waals surface area contributed by atoms with Gasteiger partial charge in [-0.3, -0.25) is 4.99 Å². The predicted molar refractivity (Wildman–Crippen MR) is 105 cm³/mol. The quantitative estimate of drug-likeness (QED) is 0.616. The Kier molecular flexibility index (Phi) is 6.60. The maximum atomic E-state index is 6.26. The van der Waals surface area contributed by atoms with E-state index < -0.39 is 0 Å². The van der Waals surface area contributed by atoms with Gasteiger partial charge in [-0.1, -0.05) is 36.6 Å². The molecule has 3 rings (SSSR count). The summed E-state index contributed by atoms with van der Waals surface area (Å²) in [5, 5.41) is 7.82. The number of nitrogens with one attached hydrogen (secondary N) is 2. The van der Waals surface area contributed by atoms with Crippen molar-refractivity contribution in [1.29, 1.82) is 0 Å². The first-order chi connectivity index (χ1) is 12.2. The summed E-state index contributed by atoms with van der Waals surface area (Å²) in [5.41, 5.74) is 1.30. The van der Waals surface area contributed by atoms with Gasteiger partial charge < -0.3 is 15.4 Å². The van der Waals surface area contributed by atoms with Crippen LogP contribution in [0.4, 0.5) is 0 Å². The third-order valence-electron chi connectivity index (χ3n) is 5.47. The molecular weight excluding hydrogens is 334 g/mol. The minimum atomic E-state index is 0.0151. The van der Waals surface area contributed by atoms with Gasteiger partial charge in [0.15, 0.2) is 5.96 Å². The minimum absolute atomic E-state index is 0.0151. The van der Waals surface area contributed by atoms with E-state index >= 15 is 0 Å². The van der Waals surface area contributed by atoms with Crippen molar-refractivity contribution in [1.82, 2.24) is 10.6 Å². The van der Waals surface area contributed by atoms with Crippen LogP contribution in [-0.2, 0) is 10.2 Å². The number of rotatable bonds is 5. The van der Waals surface area contributed by atoms with Crippen LogP contribution in [0.2, 0.25) is 5.02 Å². The highest BCUT2D eigenvalue weighted by Crippen LogP contribution is 2.36. The Balaban J connectivity index is 1.78. The molecule has 0 spiro atoms. The molecule has 0 atom stereocenters. The molecule has 1 aliphatic carbocycles. The van der Waals surface area contributed by atoms with Crippen LogP contribution in [0, 0.1) is 0 Å². The van der Waals surface area contributed by atoms with Gasteiger partial charge in [-0.2, -0.15) is 0 Å². The number of nitrogens with zero attached hydrogens (tertiary/aromatic N) is 1. The second-order valence-electron chi connectivity index (χ2n) is 7.22. The molecule has 0 radical (unpaired) electrons. The average Bonchev–Trinajstić information content (AvgIpc) is 3.14. The van der Waals surface area contributed by atoms with Crippen LogP contribution >= 0.6 is 11.6 Å². The first-order valence-electron chi connectivity index (χ1n) is 9.60. The van der Waals surface area contributed by atoms with Crippen molar-refractivity contribution in [3.8, 4) is 0 Å². The Morgan fingerprint density at radius 3 is 2.72 bits per heavy atom. The summed E-state index contributed by atoms with van der Waals surface area (Å²) in [6, 6.07) is 8.83. The van der Waals surface area contributed by atoms with E-state index in [1.165, 1.54) is 31.2 Å². The van der Waals surface area contributed by atoms with Crippen molar-refractivity contribution >= 4 is 17.6 Å². The van der Waals surface area contributed by atoms with Gasteiger partial charge in [0.2, 0.25) is 0 Å². The molecule has 25 heavy (non-hydrogen) atoms. The molecule has 0 bridgehead atoms. The molecule has 2 aliphatic rings. The van der Waals surface area contributed by atoms with Crippen molar-refractivity contribution < 1.29 is 4.74 Å². The molecule has 1 saturated heterocycles. The SMILES string of the molecule is CCNC(=NCC1(c2cccc(Cl)c2)CCOCC1)NC1CCCC1. The number of guanidine groups is 1. The Morgan fingerprint density at radius 1 is 1.28 bits per heavy atom. The van der Waals surface area contributed by atoms with Crippen LogP contribution in [0.5, 0.6) is 0 Å². The number of ether oxygens (including phenoxy) is 1. The van der Waals surface area contributed by atoms with Gasteiger partial charge >= 0.3 is 0 Å². The molecule has 0 unspecified atom stereocenters. The molecule has 2 N–H and O–H groups in total. The second kappa shape index (κ2) is 8.91. The molecule has 138 valence electrons. The fourth-order valence-electron chi connectivity index (χ4n) is 3.93. The molecule has 1 saturated carbocycles. The maximum absolute atomic E-state index is 6.26. The highest BCUT2D eigenvalue weighted by atomic mass is 35.5. The average molecular weight is 364 g/mol. The van der Waals surface area contributed by atoms with Crippen molar-refractivity contribution in [2.45, 2.75) is 56.9 Å². The van der Waals surface area contributed by atoms with E-state index in [0.717, 1.165) is 50.1 Å². The van der Waals surface area contributed by atoms with Gasteiger partial charge in [0, 0.05) is 36.2 Å². The van der Waals surface area contributed by atoms with Gasteiger partial charge in [0.05, 0.1) is 6.54 Å². The number of hydrogen-bond donors (Lipinski definition) is 2. The van der Waals surface area contributed by atoms with E-state index in [1.807, 2.05) is 12.1 Å². The Hall–Kier alpha value is -1.26. The van der Waals surface area contributed by atoms with Crippen LogP contribution < -0.4 is 10.6 Å². The first kappa shape index (κ1) is 18.5. The zero-order valence-corrected chi connectivity index (χ0v) is 15.9. The smallest absolute Gasteiger partial charge is 0.191 e. The van der Waals surface area contributed by atoms with Crippen molar-refractivity contribution in [2.75, 3.05) is 26.3 Å². The lowest BCUT2D eigenvalue weighted by Crippen LogP contribution is -2.44. The summed E-state index contributed by atoms with van der Waals surface area (Å²) < 4.78 is 5.63. The standard InChI is InChI=1S/C20H30ClN3O/c1-2-22-19(24-18-8-3-4-9-18)23-15-20(10-12-25-13-11-20)16-6-5-7-17(21)14-16/h5-7,14,18H,2-4,8-13,15H2,1H3,(H2,22,23,24). The minimum Gasteiger partial charge on any atom is -0.381 e. The van der Waals surface area contributed by atoms with Crippen LogP contribution in [0.1, 0.15) is 51.0 Å². The van der Waals surface area contributed by atoms with E-state index in [4.69, 9.17) is 21.3 Å². The maximum Gasteiger partial charge on any atom is 0.191 e. The third-order valence-corrected chi connectivity index (χ3v) is 5.70. The zero-order chi connectivity index (χ0) is 17.5.